The minimum atomic E-state index is 0.00296. The first-order chi connectivity index (χ1) is 10.7. The molecule has 0 unspecified atom stereocenters. The number of nitrogens with one attached hydrogen (secondary N) is 1. The fourth-order valence-electron chi connectivity index (χ4n) is 2.14. The van der Waals surface area contributed by atoms with Gasteiger partial charge in [-0.25, -0.2) is 0 Å². The second-order valence-corrected chi connectivity index (χ2v) is 6.82. The fraction of sp³-hybridized carbons (Fsp3) is 0.0556. The summed E-state index contributed by atoms with van der Waals surface area (Å²) in [6.07, 6.45) is 0. The second-order valence-electron chi connectivity index (χ2n) is 4.85. The van der Waals surface area contributed by atoms with Crippen LogP contribution in [0.25, 0.3) is 10.8 Å². The number of rotatable bonds is 4. The second kappa shape index (κ2) is 6.99. The van der Waals surface area contributed by atoms with Crippen molar-refractivity contribution in [3.05, 3.63) is 71.2 Å². The molecule has 3 aromatic carbocycles. The van der Waals surface area contributed by atoms with E-state index in [-0.39, 0.29) is 5.91 Å². The van der Waals surface area contributed by atoms with Gasteiger partial charge < -0.3 is 5.32 Å². The van der Waals surface area contributed by atoms with Gasteiger partial charge >= 0.3 is 0 Å². The van der Waals surface area contributed by atoms with Crippen LogP contribution >= 0.6 is 27.7 Å². The molecule has 1 N–H and O–H groups in total. The lowest BCUT2D eigenvalue weighted by molar-refractivity contribution is -0.113. The molecule has 0 atom stereocenters. The molecule has 3 rings (SSSR count). The van der Waals surface area contributed by atoms with Crippen molar-refractivity contribution >= 4 is 50.1 Å². The zero-order chi connectivity index (χ0) is 15.4. The lowest BCUT2D eigenvalue weighted by Crippen LogP contribution is -2.13. The Kier molecular flexibility index (Phi) is 4.80. The van der Waals surface area contributed by atoms with E-state index in [0.717, 1.165) is 20.4 Å². The number of fused-ring (bicyclic) bond motifs is 1. The summed E-state index contributed by atoms with van der Waals surface area (Å²) in [6, 6.07) is 22.0. The predicted molar refractivity (Wildman–Crippen MR) is 97.4 cm³/mol. The highest BCUT2D eigenvalue weighted by atomic mass is 79.9. The zero-order valence-corrected chi connectivity index (χ0v) is 14.2. The van der Waals surface area contributed by atoms with Crippen molar-refractivity contribution in [2.45, 2.75) is 4.90 Å². The zero-order valence-electron chi connectivity index (χ0n) is 11.8. The van der Waals surface area contributed by atoms with Gasteiger partial charge in [0.05, 0.1) is 5.75 Å². The Balaban J connectivity index is 1.61. The molecule has 0 saturated heterocycles. The Labute approximate surface area is 142 Å². The average molecular weight is 372 g/mol. The van der Waals surface area contributed by atoms with Gasteiger partial charge in [-0.1, -0.05) is 46.3 Å². The maximum Gasteiger partial charge on any atom is 0.234 e. The van der Waals surface area contributed by atoms with E-state index in [2.05, 4.69) is 27.3 Å². The van der Waals surface area contributed by atoms with Crippen molar-refractivity contribution in [1.82, 2.24) is 0 Å². The lowest BCUT2D eigenvalue weighted by Gasteiger charge is -2.07. The van der Waals surface area contributed by atoms with Gasteiger partial charge in [0, 0.05) is 15.1 Å². The molecule has 0 fully saturated rings. The van der Waals surface area contributed by atoms with Crippen molar-refractivity contribution in [3.8, 4) is 0 Å². The van der Waals surface area contributed by atoms with Crippen LogP contribution in [0, 0.1) is 0 Å². The Bertz CT molecular complexity index is 802. The number of benzene rings is 3. The third kappa shape index (κ3) is 3.90. The molecule has 0 bridgehead atoms. The van der Waals surface area contributed by atoms with Gasteiger partial charge in [-0.15, -0.1) is 11.8 Å². The number of halogens is 1. The lowest BCUT2D eigenvalue weighted by atomic mass is 10.1. The average Bonchev–Trinajstić information content (AvgIpc) is 2.54. The summed E-state index contributed by atoms with van der Waals surface area (Å²) in [6.45, 7) is 0. The first-order valence-electron chi connectivity index (χ1n) is 6.88. The smallest absolute Gasteiger partial charge is 0.234 e. The van der Waals surface area contributed by atoms with Crippen molar-refractivity contribution in [1.29, 1.82) is 0 Å². The normalized spacial score (nSPS) is 10.6. The largest absolute Gasteiger partial charge is 0.325 e. The van der Waals surface area contributed by atoms with Crippen molar-refractivity contribution in [2.75, 3.05) is 11.1 Å². The van der Waals surface area contributed by atoms with Gasteiger partial charge in [0.25, 0.3) is 0 Å². The van der Waals surface area contributed by atoms with E-state index in [1.165, 1.54) is 17.1 Å². The molecule has 0 heterocycles. The minimum Gasteiger partial charge on any atom is -0.325 e. The van der Waals surface area contributed by atoms with Gasteiger partial charge in [-0.3, -0.25) is 4.79 Å². The van der Waals surface area contributed by atoms with Crippen LogP contribution in [0.5, 0.6) is 0 Å². The molecule has 0 aromatic heterocycles. The summed E-state index contributed by atoms with van der Waals surface area (Å²) in [7, 11) is 0. The number of anilines is 1. The number of carbonyl (C=O) groups is 1. The number of thioether (sulfide) groups is 1. The standard InChI is InChI=1S/C18H14BrNOS/c19-15-6-9-17(10-7-15)22-12-18(21)20-16-8-5-13-3-1-2-4-14(13)11-16/h1-11H,12H2,(H,20,21). The first-order valence-corrected chi connectivity index (χ1v) is 8.65. The van der Waals surface area contributed by atoms with E-state index < -0.39 is 0 Å². The van der Waals surface area contributed by atoms with Crippen LogP contribution in [0.2, 0.25) is 0 Å². The minimum absolute atomic E-state index is 0.00296. The van der Waals surface area contributed by atoms with Gasteiger partial charge in [0.1, 0.15) is 0 Å². The van der Waals surface area contributed by atoms with Crippen LogP contribution in [0.1, 0.15) is 0 Å². The van der Waals surface area contributed by atoms with Gasteiger partial charge in [0.2, 0.25) is 5.91 Å². The monoisotopic (exact) mass is 371 g/mol. The molecule has 1 amide bonds. The van der Waals surface area contributed by atoms with Crippen LogP contribution < -0.4 is 5.32 Å². The summed E-state index contributed by atoms with van der Waals surface area (Å²) in [5, 5.41) is 5.24. The van der Waals surface area contributed by atoms with Gasteiger partial charge in [0.15, 0.2) is 0 Å². The third-order valence-electron chi connectivity index (χ3n) is 3.22. The summed E-state index contributed by atoms with van der Waals surface area (Å²) < 4.78 is 1.04. The maximum atomic E-state index is 12.0. The van der Waals surface area contributed by atoms with E-state index >= 15 is 0 Å². The van der Waals surface area contributed by atoms with Crippen molar-refractivity contribution in [2.24, 2.45) is 0 Å². The molecule has 22 heavy (non-hydrogen) atoms. The summed E-state index contributed by atoms with van der Waals surface area (Å²) in [4.78, 5) is 13.1. The fourth-order valence-corrected chi connectivity index (χ4v) is 3.11. The number of hydrogen-bond acceptors (Lipinski definition) is 2. The molecule has 110 valence electrons. The van der Waals surface area contributed by atoms with Crippen LogP contribution in [0.4, 0.5) is 5.69 Å². The Hall–Kier alpha value is -1.78. The van der Waals surface area contributed by atoms with E-state index in [1.54, 1.807) is 0 Å². The highest BCUT2D eigenvalue weighted by Crippen LogP contribution is 2.22. The molecule has 4 heteroatoms. The Morgan fingerprint density at radius 1 is 0.955 bits per heavy atom. The third-order valence-corrected chi connectivity index (χ3v) is 4.76. The molecular formula is C18H14BrNOS. The molecule has 0 spiro atoms. The van der Waals surface area contributed by atoms with Gasteiger partial charge in [-0.2, -0.15) is 0 Å². The molecular weight excluding hydrogens is 358 g/mol. The molecule has 0 aliphatic carbocycles. The number of carbonyl (C=O) groups excluding carboxylic acids is 1. The summed E-state index contributed by atoms with van der Waals surface area (Å²) >= 11 is 4.93. The summed E-state index contributed by atoms with van der Waals surface area (Å²) in [5.41, 5.74) is 0.833. The van der Waals surface area contributed by atoms with E-state index in [9.17, 15) is 4.79 Å². The molecule has 0 saturated carbocycles. The number of amides is 1. The van der Waals surface area contributed by atoms with E-state index in [0.29, 0.717) is 5.75 Å². The molecule has 0 aliphatic rings. The Morgan fingerprint density at radius 3 is 2.45 bits per heavy atom. The van der Waals surface area contributed by atoms with Crippen LogP contribution in [0.3, 0.4) is 0 Å². The quantitative estimate of drug-likeness (QED) is 0.627. The van der Waals surface area contributed by atoms with Crippen LogP contribution in [0.15, 0.2) is 76.1 Å². The highest BCUT2D eigenvalue weighted by molar-refractivity contribution is 9.10. The molecule has 0 radical (unpaired) electrons. The van der Waals surface area contributed by atoms with Crippen LogP contribution in [-0.4, -0.2) is 11.7 Å². The Morgan fingerprint density at radius 2 is 1.68 bits per heavy atom. The predicted octanol–water partition coefficient (Wildman–Crippen LogP) is 5.33. The molecule has 0 aliphatic heterocycles. The summed E-state index contributed by atoms with van der Waals surface area (Å²) in [5.74, 6) is 0.400. The van der Waals surface area contributed by atoms with E-state index in [4.69, 9.17) is 0 Å². The molecule has 3 aromatic rings. The number of hydrogen-bond donors (Lipinski definition) is 1. The SMILES string of the molecule is O=C(CSc1ccc(Br)cc1)Nc1ccc2ccccc2c1. The van der Waals surface area contributed by atoms with E-state index in [1.807, 2.05) is 60.7 Å². The molecule has 2 nitrogen and oxygen atoms in total. The maximum absolute atomic E-state index is 12.0. The highest BCUT2D eigenvalue weighted by Gasteiger charge is 2.04. The van der Waals surface area contributed by atoms with Crippen molar-refractivity contribution < 1.29 is 4.79 Å². The first kappa shape index (κ1) is 15.1. The van der Waals surface area contributed by atoms with Gasteiger partial charge in [-0.05, 0) is 47.2 Å². The topological polar surface area (TPSA) is 29.1 Å². The van der Waals surface area contributed by atoms with Crippen molar-refractivity contribution in [3.63, 3.8) is 0 Å². The van der Waals surface area contributed by atoms with Crippen LogP contribution in [-0.2, 0) is 4.79 Å².